The predicted octanol–water partition coefficient (Wildman–Crippen LogP) is 4.60. The van der Waals surface area contributed by atoms with Crippen molar-refractivity contribution in [2.45, 2.75) is 13.8 Å². The van der Waals surface area contributed by atoms with Gasteiger partial charge in [0.1, 0.15) is 5.75 Å². The molecule has 0 unspecified atom stereocenters. The largest absolute Gasteiger partial charge is 0.438 e. The van der Waals surface area contributed by atoms with Crippen molar-refractivity contribution in [3.05, 3.63) is 44.5 Å². The van der Waals surface area contributed by atoms with E-state index in [1.165, 1.54) is 0 Å². The number of rotatable bonds is 2. The van der Waals surface area contributed by atoms with Gasteiger partial charge in [-0.05, 0) is 62.9 Å². The van der Waals surface area contributed by atoms with Crippen LogP contribution in [0.1, 0.15) is 11.1 Å². The van der Waals surface area contributed by atoms with Crippen LogP contribution in [-0.4, -0.2) is 4.98 Å². The Balaban J connectivity index is 2.37. The zero-order chi connectivity index (χ0) is 13.3. The minimum absolute atomic E-state index is 0.518. The molecule has 1 heterocycles. The van der Waals surface area contributed by atoms with Crippen LogP contribution in [0.15, 0.2) is 33.3 Å². The number of hydrogen-bond donors (Lipinski definition) is 1. The Morgan fingerprint density at radius 3 is 2.50 bits per heavy atom. The van der Waals surface area contributed by atoms with Crippen LogP contribution in [0, 0.1) is 13.8 Å². The Morgan fingerprint density at radius 2 is 1.83 bits per heavy atom. The molecule has 18 heavy (non-hydrogen) atoms. The molecule has 0 fully saturated rings. The zero-order valence-electron chi connectivity index (χ0n) is 10.00. The van der Waals surface area contributed by atoms with Crippen molar-refractivity contribution in [3.8, 4) is 11.6 Å². The molecule has 1 aromatic carbocycles. The second kappa shape index (κ2) is 5.28. The number of hydrogen-bond acceptors (Lipinski definition) is 3. The highest BCUT2D eigenvalue weighted by molar-refractivity contribution is 9.11. The van der Waals surface area contributed by atoms with Crippen molar-refractivity contribution in [1.82, 2.24) is 4.98 Å². The summed E-state index contributed by atoms with van der Waals surface area (Å²) in [5.74, 6) is 1.23. The molecule has 2 rings (SSSR count). The van der Waals surface area contributed by atoms with E-state index in [1.807, 2.05) is 32.0 Å². The van der Waals surface area contributed by atoms with E-state index in [-0.39, 0.29) is 0 Å². The topological polar surface area (TPSA) is 48.1 Å². The van der Waals surface area contributed by atoms with E-state index in [9.17, 15) is 0 Å². The molecule has 5 heteroatoms. The molecule has 3 nitrogen and oxygen atoms in total. The first-order valence-electron chi connectivity index (χ1n) is 5.33. The molecule has 0 amide bonds. The predicted molar refractivity (Wildman–Crippen MR) is 80.0 cm³/mol. The van der Waals surface area contributed by atoms with Crippen molar-refractivity contribution < 1.29 is 4.74 Å². The molecule has 0 aliphatic rings. The van der Waals surface area contributed by atoms with Gasteiger partial charge in [0.2, 0.25) is 5.88 Å². The van der Waals surface area contributed by atoms with Crippen LogP contribution in [0.25, 0.3) is 0 Å². The molecule has 2 N–H and O–H groups in total. The summed E-state index contributed by atoms with van der Waals surface area (Å²) in [7, 11) is 0. The fourth-order valence-electron chi connectivity index (χ4n) is 1.54. The van der Waals surface area contributed by atoms with Crippen LogP contribution in [0.5, 0.6) is 11.6 Å². The Morgan fingerprint density at radius 1 is 1.11 bits per heavy atom. The highest BCUT2D eigenvalue weighted by atomic mass is 79.9. The van der Waals surface area contributed by atoms with E-state index in [1.54, 1.807) is 6.20 Å². The summed E-state index contributed by atoms with van der Waals surface area (Å²) in [5.41, 5.74) is 8.67. The smallest absolute Gasteiger partial charge is 0.233 e. The molecule has 0 saturated heterocycles. The van der Waals surface area contributed by atoms with E-state index in [0.717, 1.165) is 20.1 Å². The fourth-order valence-corrected chi connectivity index (χ4v) is 2.61. The first-order valence-corrected chi connectivity index (χ1v) is 6.91. The minimum atomic E-state index is 0.518. The summed E-state index contributed by atoms with van der Waals surface area (Å²) in [4.78, 5) is 4.21. The summed E-state index contributed by atoms with van der Waals surface area (Å²) in [5, 5.41) is 0. The number of nitrogen functional groups attached to an aromatic ring is 1. The van der Waals surface area contributed by atoms with E-state index in [2.05, 4.69) is 36.8 Å². The average molecular weight is 372 g/mol. The quantitative estimate of drug-likeness (QED) is 0.785. The van der Waals surface area contributed by atoms with Crippen LogP contribution in [0.2, 0.25) is 0 Å². The molecule has 1 aromatic heterocycles. The molecule has 2 aromatic rings. The molecule has 0 bridgehead atoms. The summed E-state index contributed by atoms with van der Waals surface area (Å²) in [6.07, 6.45) is 1.69. The van der Waals surface area contributed by atoms with Gasteiger partial charge in [0.25, 0.3) is 0 Å². The Bertz CT molecular complexity index is 600. The first kappa shape index (κ1) is 13.4. The summed E-state index contributed by atoms with van der Waals surface area (Å²) < 4.78 is 7.45. The van der Waals surface area contributed by atoms with Crippen molar-refractivity contribution in [1.29, 1.82) is 0 Å². The number of aromatic nitrogens is 1. The number of nitrogens with two attached hydrogens (primary N) is 1. The highest BCUT2D eigenvalue weighted by Crippen LogP contribution is 2.32. The Hall–Kier alpha value is -1.07. The third kappa shape index (κ3) is 2.84. The van der Waals surface area contributed by atoms with Crippen LogP contribution in [0.3, 0.4) is 0 Å². The lowest BCUT2D eigenvalue weighted by atomic mass is 10.1. The standard InChI is InChI=1S/C13H12Br2N2O/c1-7-3-8(2)12(5-11(7)16)18-13-10(15)4-9(14)6-17-13/h3-6H,16H2,1-2H3. The normalized spacial score (nSPS) is 10.4. The van der Waals surface area contributed by atoms with E-state index in [0.29, 0.717) is 17.3 Å². The zero-order valence-corrected chi connectivity index (χ0v) is 13.2. The lowest BCUT2D eigenvalue weighted by molar-refractivity contribution is 0.456. The van der Waals surface area contributed by atoms with Gasteiger partial charge in [0.15, 0.2) is 0 Å². The van der Waals surface area contributed by atoms with E-state index in [4.69, 9.17) is 10.5 Å². The maximum Gasteiger partial charge on any atom is 0.233 e. The number of benzene rings is 1. The first-order chi connectivity index (χ1) is 8.47. The maximum atomic E-state index is 5.89. The maximum absolute atomic E-state index is 5.89. The number of pyridine rings is 1. The summed E-state index contributed by atoms with van der Waals surface area (Å²) in [6.45, 7) is 3.95. The van der Waals surface area contributed by atoms with Crippen molar-refractivity contribution in [2.75, 3.05) is 5.73 Å². The second-order valence-electron chi connectivity index (χ2n) is 4.02. The number of anilines is 1. The number of nitrogens with zero attached hydrogens (tertiary/aromatic N) is 1. The van der Waals surface area contributed by atoms with E-state index < -0.39 is 0 Å². The summed E-state index contributed by atoms with van der Waals surface area (Å²) in [6, 6.07) is 5.70. The Labute approximate surface area is 123 Å². The number of halogens is 2. The van der Waals surface area contributed by atoms with E-state index >= 15 is 0 Å². The monoisotopic (exact) mass is 370 g/mol. The molecule has 94 valence electrons. The minimum Gasteiger partial charge on any atom is -0.438 e. The number of aryl methyl sites for hydroxylation is 2. The van der Waals surface area contributed by atoms with Gasteiger partial charge >= 0.3 is 0 Å². The lowest BCUT2D eigenvalue weighted by Crippen LogP contribution is -1.96. The second-order valence-corrected chi connectivity index (χ2v) is 5.79. The molecule has 0 saturated carbocycles. The molecule has 0 spiro atoms. The van der Waals surface area contributed by atoms with Crippen LogP contribution < -0.4 is 10.5 Å². The molecule has 0 atom stereocenters. The van der Waals surface area contributed by atoms with Gasteiger partial charge in [-0.2, -0.15) is 0 Å². The average Bonchev–Trinajstić information content (AvgIpc) is 2.29. The Kier molecular flexibility index (Phi) is 3.92. The highest BCUT2D eigenvalue weighted by Gasteiger charge is 2.09. The molecule has 0 radical (unpaired) electrons. The van der Waals surface area contributed by atoms with Crippen LogP contribution >= 0.6 is 31.9 Å². The SMILES string of the molecule is Cc1cc(C)c(Oc2ncc(Br)cc2Br)cc1N. The van der Waals surface area contributed by atoms with Gasteiger partial charge in [-0.25, -0.2) is 4.98 Å². The van der Waals surface area contributed by atoms with Crippen molar-refractivity contribution in [3.63, 3.8) is 0 Å². The molecule has 0 aliphatic heterocycles. The summed E-state index contributed by atoms with van der Waals surface area (Å²) >= 11 is 6.76. The van der Waals surface area contributed by atoms with Gasteiger partial charge in [-0.3, -0.25) is 0 Å². The van der Waals surface area contributed by atoms with Crippen LogP contribution in [0.4, 0.5) is 5.69 Å². The van der Waals surface area contributed by atoms with Gasteiger partial charge in [0, 0.05) is 22.4 Å². The van der Waals surface area contributed by atoms with Gasteiger partial charge in [0.05, 0.1) is 4.47 Å². The molecular weight excluding hydrogens is 360 g/mol. The van der Waals surface area contributed by atoms with Crippen LogP contribution in [-0.2, 0) is 0 Å². The molecule has 0 aliphatic carbocycles. The third-order valence-corrected chi connectivity index (χ3v) is 3.55. The lowest BCUT2D eigenvalue weighted by Gasteiger charge is -2.11. The van der Waals surface area contributed by atoms with Gasteiger partial charge in [-0.1, -0.05) is 6.07 Å². The molecular formula is C13H12Br2N2O. The third-order valence-electron chi connectivity index (χ3n) is 2.54. The number of ether oxygens (including phenoxy) is 1. The fraction of sp³-hybridized carbons (Fsp3) is 0.154. The van der Waals surface area contributed by atoms with Crippen molar-refractivity contribution in [2.24, 2.45) is 0 Å². The van der Waals surface area contributed by atoms with Crippen molar-refractivity contribution >= 4 is 37.5 Å². The van der Waals surface area contributed by atoms with Gasteiger partial charge in [-0.15, -0.1) is 0 Å². The van der Waals surface area contributed by atoms with Gasteiger partial charge < -0.3 is 10.5 Å².